The minimum Gasteiger partial charge on any atom is -0.507 e. The third kappa shape index (κ3) is 4.46. The first-order valence-electron chi connectivity index (χ1n) is 7.65. The Morgan fingerprint density at radius 3 is 2.59 bits per heavy atom. The second kappa shape index (κ2) is 7.80. The van der Waals surface area contributed by atoms with Gasteiger partial charge in [0.05, 0.1) is 5.56 Å². The van der Waals surface area contributed by atoms with E-state index in [1.165, 1.54) is 0 Å². The van der Waals surface area contributed by atoms with Crippen molar-refractivity contribution >= 4 is 16.7 Å². The molecule has 0 aromatic heterocycles. The molecule has 4 heteroatoms. The lowest BCUT2D eigenvalue weighted by atomic mass is 10.1. The summed E-state index contributed by atoms with van der Waals surface area (Å²) in [4.78, 5) is 12.1. The monoisotopic (exact) mass is 301 g/mol. The summed E-state index contributed by atoms with van der Waals surface area (Å²) in [5, 5.41) is 14.7. The number of ether oxygens (including phenoxy) is 1. The Morgan fingerprint density at radius 1 is 1.23 bits per heavy atom. The number of nitrogens with one attached hydrogen (secondary N) is 1. The predicted octanol–water partition coefficient (Wildman–Crippen LogP) is 3.34. The van der Waals surface area contributed by atoms with Crippen LogP contribution in [0.3, 0.4) is 0 Å². The van der Waals surface area contributed by atoms with Gasteiger partial charge in [0.2, 0.25) is 0 Å². The normalized spacial score (nSPS) is 11.0. The fourth-order valence-corrected chi connectivity index (χ4v) is 2.20. The molecule has 0 spiro atoms. The Kier molecular flexibility index (Phi) is 5.78. The van der Waals surface area contributed by atoms with Gasteiger partial charge in [0.1, 0.15) is 5.75 Å². The molecule has 0 aliphatic rings. The number of carbonyl (C=O) groups excluding carboxylic acids is 1. The van der Waals surface area contributed by atoms with Crippen LogP contribution in [0.15, 0.2) is 36.4 Å². The number of phenols is 1. The van der Waals surface area contributed by atoms with Crippen LogP contribution in [0.5, 0.6) is 5.75 Å². The van der Waals surface area contributed by atoms with Crippen LogP contribution in [0.1, 0.15) is 30.6 Å². The third-order valence-corrected chi connectivity index (χ3v) is 3.31. The number of rotatable bonds is 7. The number of fused-ring (bicyclic) bond motifs is 1. The van der Waals surface area contributed by atoms with Gasteiger partial charge in [0.25, 0.3) is 5.91 Å². The number of hydrogen-bond acceptors (Lipinski definition) is 3. The molecule has 22 heavy (non-hydrogen) atoms. The Balaban J connectivity index is 1.88. The smallest absolute Gasteiger partial charge is 0.255 e. The Bertz CT molecular complexity index is 637. The fourth-order valence-electron chi connectivity index (χ4n) is 2.20. The second-order valence-electron chi connectivity index (χ2n) is 5.79. The van der Waals surface area contributed by atoms with Gasteiger partial charge in [-0.05, 0) is 35.2 Å². The van der Waals surface area contributed by atoms with E-state index in [2.05, 4.69) is 19.2 Å². The van der Waals surface area contributed by atoms with Crippen molar-refractivity contribution in [3.8, 4) is 5.75 Å². The Morgan fingerprint density at radius 2 is 1.91 bits per heavy atom. The highest BCUT2D eigenvalue weighted by atomic mass is 16.5. The van der Waals surface area contributed by atoms with Crippen LogP contribution in [0, 0.1) is 5.92 Å². The van der Waals surface area contributed by atoms with E-state index in [1.807, 2.05) is 24.3 Å². The predicted molar refractivity (Wildman–Crippen MR) is 88.2 cm³/mol. The minimum absolute atomic E-state index is 0.00672. The lowest BCUT2D eigenvalue weighted by molar-refractivity contribution is 0.0923. The van der Waals surface area contributed by atoms with Crippen LogP contribution in [0.25, 0.3) is 10.8 Å². The van der Waals surface area contributed by atoms with Crippen LogP contribution >= 0.6 is 0 Å². The molecule has 0 aliphatic carbocycles. The summed E-state index contributed by atoms with van der Waals surface area (Å²) in [6.07, 6.45) is 0.757. The van der Waals surface area contributed by atoms with Gasteiger partial charge in [0, 0.05) is 19.8 Å². The van der Waals surface area contributed by atoms with Gasteiger partial charge in [-0.15, -0.1) is 0 Å². The maximum Gasteiger partial charge on any atom is 0.255 e. The van der Waals surface area contributed by atoms with E-state index >= 15 is 0 Å². The zero-order chi connectivity index (χ0) is 15.9. The van der Waals surface area contributed by atoms with E-state index in [9.17, 15) is 9.90 Å². The first-order valence-corrected chi connectivity index (χ1v) is 7.65. The van der Waals surface area contributed by atoms with E-state index < -0.39 is 0 Å². The van der Waals surface area contributed by atoms with Crippen molar-refractivity contribution in [1.29, 1.82) is 0 Å². The molecular weight excluding hydrogens is 278 g/mol. The van der Waals surface area contributed by atoms with Crippen LogP contribution in [0.2, 0.25) is 0 Å². The van der Waals surface area contributed by atoms with Crippen molar-refractivity contribution in [2.45, 2.75) is 20.3 Å². The molecule has 0 radical (unpaired) electrons. The summed E-state index contributed by atoms with van der Waals surface area (Å²) in [5.74, 6) is 0.267. The summed E-state index contributed by atoms with van der Waals surface area (Å²) in [6.45, 7) is 6.10. The Labute approximate surface area is 131 Å². The number of amides is 1. The molecule has 2 aromatic carbocycles. The highest BCUT2D eigenvalue weighted by Gasteiger charge is 2.11. The van der Waals surface area contributed by atoms with Crippen LogP contribution in [-0.4, -0.2) is 30.8 Å². The maximum absolute atomic E-state index is 12.1. The molecule has 4 nitrogen and oxygen atoms in total. The zero-order valence-corrected chi connectivity index (χ0v) is 13.1. The zero-order valence-electron chi connectivity index (χ0n) is 13.1. The van der Waals surface area contributed by atoms with E-state index in [1.54, 1.807) is 12.1 Å². The van der Waals surface area contributed by atoms with Gasteiger partial charge < -0.3 is 15.2 Å². The van der Waals surface area contributed by atoms with Crippen molar-refractivity contribution < 1.29 is 14.6 Å². The molecule has 2 aromatic rings. The lowest BCUT2D eigenvalue weighted by Crippen LogP contribution is -2.25. The number of benzene rings is 2. The summed E-state index contributed by atoms with van der Waals surface area (Å²) in [7, 11) is 0. The van der Waals surface area contributed by atoms with E-state index in [-0.39, 0.29) is 11.7 Å². The van der Waals surface area contributed by atoms with Crippen LogP contribution in [0.4, 0.5) is 0 Å². The second-order valence-corrected chi connectivity index (χ2v) is 5.79. The molecule has 0 atom stereocenters. The summed E-state index contributed by atoms with van der Waals surface area (Å²) < 4.78 is 5.46. The molecule has 0 aliphatic heterocycles. The number of phenolic OH excluding ortho intramolecular Hbond substituents is 1. The average Bonchev–Trinajstić information content (AvgIpc) is 2.49. The van der Waals surface area contributed by atoms with E-state index in [4.69, 9.17) is 4.74 Å². The minimum atomic E-state index is -0.257. The van der Waals surface area contributed by atoms with Crippen molar-refractivity contribution in [2.24, 2.45) is 5.92 Å². The highest BCUT2D eigenvalue weighted by molar-refractivity contribution is 6.01. The molecular formula is C18H23NO3. The quantitative estimate of drug-likeness (QED) is 0.771. The molecule has 118 valence electrons. The SMILES string of the molecule is CC(C)COCCCNC(=O)c1cc2ccccc2cc1O. The van der Waals surface area contributed by atoms with Crippen molar-refractivity contribution in [2.75, 3.05) is 19.8 Å². The molecule has 0 bridgehead atoms. The molecule has 1 amide bonds. The van der Waals surface area contributed by atoms with Crippen LogP contribution in [-0.2, 0) is 4.74 Å². The lowest BCUT2D eigenvalue weighted by Gasteiger charge is -2.09. The van der Waals surface area contributed by atoms with Gasteiger partial charge in [-0.2, -0.15) is 0 Å². The van der Waals surface area contributed by atoms with Crippen molar-refractivity contribution in [1.82, 2.24) is 5.32 Å². The Hall–Kier alpha value is -2.07. The van der Waals surface area contributed by atoms with Crippen LogP contribution < -0.4 is 5.32 Å². The van der Waals surface area contributed by atoms with Gasteiger partial charge in [-0.1, -0.05) is 38.1 Å². The topological polar surface area (TPSA) is 58.6 Å². The van der Waals surface area contributed by atoms with E-state index in [0.717, 1.165) is 23.8 Å². The number of carbonyl (C=O) groups is 1. The first-order chi connectivity index (χ1) is 10.6. The van der Waals surface area contributed by atoms with Crippen molar-refractivity contribution in [3.05, 3.63) is 42.0 Å². The van der Waals surface area contributed by atoms with Gasteiger partial charge in [-0.3, -0.25) is 4.79 Å². The molecule has 2 rings (SSSR count). The molecule has 0 fully saturated rings. The maximum atomic E-state index is 12.1. The molecule has 0 saturated carbocycles. The number of aromatic hydroxyl groups is 1. The molecule has 0 saturated heterocycles. The third-order valence-electron chi connectivity index (χ3n) is 3.31. The van der Waals surface area contributed by atoms with Gasteiger partial charge in [0.15, 0.2) is 0 Å². The fraction of sp³-hybridized carbons (Fsp3) is 0.389. The van der Waals surface area contributed by atoms with E-state index in [0.29, 0.717) is 24.6 Å². The van der Waals surface area contributed by atoms with Gasteiger partial charge in [-0.25, -0.2) is 0 Å². The molecule has 0 heterocycles. The van der Waals surface area contributed by atoms with Crippen molar-refractivity contribution in [3.63, 3.8) is 0 Å². The summed E-state index contributed by atoms with van der Waals surface area (Å²) in [5.41, 5.74) is 0.307. The largest absolute Gasteiger partial charge is 0.507 e. The van der Waals surface area contributed by atoms with Gasteiger partial charge >= 0.3 is 0 Å². The number of hydrogen-bond donors (Lipinski definition) is 2. The molecule has 2 N–H and O–H groups in total. The summed E-state index contributed by atoms with van der Waals surface area (Å²) in [6, 6.07) is 11.0. The highest BCUT2D eigenvalue weighted by Crippen LogP contribution is 2.24. The standard InChI is InChI=1S/C18H23NO3/c1-13(2)12-22-9-5-8-19-18(21)16-10-14-6-3-4-7-15(14)11-17(16)20/h3-4,6-7,10-11,13,20H,5,8-9,12H2,1-2H3,(H,19,21). The summed E-state index contributed by atoms with van der Waals surface area (Å²) >= 11 is 0. The average molecular weight is 301 g/mol. The first kappa shape index (κ1) is 16.3. The molecule has 0 unspecified atom stereocenters.